The molecule has 0 fully saturated rings. The van der Waals surface area contributed by atoms with Crippen molar-refractivity contribution in [3.8, 4) is 0 Å². The Kier molecular flexibility index (Phi) is 6.10. The van der Waals surface area contributed by atoms with Gasteiger partial charge < -0.3 is 5.32 Å². The lowest BCUT2D eigenvalue weighted by molar-refractivity contribution is -0.387. The van der Waals surface area contributed by atoms with E-state index in [-0.39, 0.29) is 11.4 Å². The predicted molar refractivity (Wildman–Crippen MR) is 81.9 cm³/mol. The third kappa shape index (κ3) is 4.98. The summed E-state index contributed by atoms with van der Waals surface area (Å²) < 4.78 is 26.7. The average molecular weight is 315 g/mol. The molecule has 0 saturated carbocycles. The van der Waals surface area contributed by atoms with E-state index in [1.807, 2.05) is 0 Å². The first-order valence-corrected chi connectivity index (χ1v) is 8.22. The van der Waals surface area contributed by atoms with Crippen molar-refractivity contribution in [2.45, 2.75) is 31.6 Å². The van der Waals surface area contributed by atoms with Gasteiger partial charge in [0.05, 0.1) is 4.92 Å². The minimum Gasteiger partial charge on any atom is -0.388 e. The number of anilines is 1. The van der Waals surface area contributed by atoms with Crippen molar-refractivity contribution < 1.29 is 13.3 Å². The van der Waals surface area contributed by atoms with Gasteiger partial charge in [-0.2, -0.15) is 0 Å². The highest BCUT2D eigenvalue weighted by atomic mass is 32.2. The molecule has 0 aliphatic carbocycles. The van der Waals surface area contributed by atoms with Crippen LogP contribution in [-0.2, 0) is 10.0 Å². The van der Waals surface area contributed by atoms with E-state index in [1.54, 1.807) is 7.05 Å². The Labute approximate surface area is 124 Å². The monoisotopic (exact) mass is 315 g/mol. The molecular weight excluding hydrogens is 294 g/mol. The molecule has 2 N–H and O–H groups in total. The summed E-state index contributed by atoms with van der Waals surface area (Å²) >= 11 is 0. The fourth-order valence-corrected chi connectivity index (χ4v) is 3.06. The van der Waals surface area contributed by atoms with Gasteiger partial charge in [-0.25, -0.2) is 13.1 Å². The zero-order valence-electron chi connectivity index (χ0n) is 12.4. The molecule has 21 heavy (non-hydrogen) atoms. The maximum Gasteiger partial charge on any atom is 0.291 e. The largest absolute Gasteiger partial charge is 0.388 e. The molecule has 0 heterocycles. The first-order valence-electron chi connectivity index (χ1n) is 6.73. The van der Waals surface area contributed by atoms with Crippen molar-refractivity contribution in [2.75, 3.05) is 18.9 Å². The number of hydrogen-bond acceptors (Lipinski definition) is 5. The highest BCUT2D eigenvalue weighted by Gasteiger charge is 2.25. The van der Waals surface area contributed by atoms with Crippen LogP contribution >= 0.6 is 0 Å². The molecule has 0 bridgehead atoms. The minimum absolute atomic E-state index is 0.269. The Morgan fingerprint density at radius 1 is 1.33 bits per heavy atom. The Hall–Kier alpha value is -1.67. The number of sulfonamides is 1. The maximum atomic E-state index is 12.2. The van der Waals surface area contributed by atoms with Crippen LogP contribution in [0.3, 0.4) is 0 Å². The lowest BCUT2D eigenvalue weighted by atomic mass is 10.1. The molecule has 0 aliphatic rings. The number of nitrogens with one attached hydrogen (secondary N) is 2. The summed E-state index contributed by atoms with van der Waals surface area (Å²) in [7, 11) is -2.27. The van der Waals surface area contributed by atoms with Gasteiger partial charge in [0.25, 0.3) is 5.69 Å². The summed E-state index contributed by atoms with van der Waals surface area (Å²) in [5.74, 6) is 0.485. The Morgan fingerprint density at radius 2 is 2.00 bits per heavy atom. The average Bonchev–Trinajstić information content (AvgIpc) is 2.42. The summed E-state index contributed by atoms with van der Waals surface area (Å²) in [4.78, 5) is 10.0. The van der Waals surface area contributed by atoms with Crippen LogP contribution in [0.1, 0.15) is 26.7 Å². The zero-order valence-corrected chi connectivity index (χ0v) is 13.2. The number of benzene rings is 1. The van der Waals surface area contributed by atoms with Gasteiger partial charge in [0, 0.05) is 25.3 Å². The van der Waals surface area contributed by atoms with E-state index in [4.69, 9.17) is 0 Å². The number of nitro benzene ring substituents is 1. The van der Waals surface area contributed by atoms with Crippen molar-refractivity contribution in [1.82, 2.24) is 4.72 Å². The first-order chi connectivity index (χ1) is 9.77. The van der Waals surface area contributed by atoms with E-state index in [9.17, 15) is 18.5 Å². The van der Waals surface area contributed by atoms with Gasteiger partial charge in [-0.05, 0) is 30.9 Å². The fraction of sp³-hybridized carbons (Fsp3) is 0.538. The SMILES string of the molecule is CNc1ccc(S(=O)(=O)NCCCC(C)C)c([N+](=O)[O-])c1. The van der Waals surface area contributed by atoms with Crippen molar-refractivity contribution in [1.29, 1.82) is 0 Å². The van der Waals surface area contributed by atoms with E-state index in [0.29, 0.717) is 18.0 Å². The molecule has 0 aliphatic heterocycles. The lowest BCUT2D eigenvalue weighted by Crippen LogP contribution is -2.25. The Morgan fingerprint density at radius 3 is 2.52 bits per heavy atom. The quantitative estimate of drug-likeness (QED) is 0.435. The van der Waals surface area contributed by atoms with E-state index in [2.05, 4.69) is 23.9 Å². The van der Waals surface area contributed by atoms with Gasteiger partial charge in [-0.15, -0.1) is 0 Å². The molecule has 0 atom stereocenters. The second kappa shape index (κ2) is 7.37. The van der Waals surface area contributed by atoms with Crippen LogP contribution < -0.4 is 10.0 Å². The molecule has 1 aromatic carbocycles. The minimum atomic E-state index is -3.88. The second-order valence-corrected chi connectivity index (χ2v) is 6.86. The molecular formula is C13H21N3O4S. The van der Waals surface area contributed by atoms with Gasteiger partial charge in [-0.3, -0.25) is 10.1 Å². The van der Waals surface area contributed by atoms with Gasteiger partial charge >= 0.3 is 0 Å². The topological polar surface area (TPSA) is 101 Å². The molecule has 0 unspecified atom stereocenters. The third-order valence-electron chi connectivity index (χ3n) is 2.98. The molecule has 8 heteroatoms. The number of nitro groups is 1. The third-order valence-corrected chi connectivity index (χ3v) is 4.49. The molecule has 1 aromatic rings. The number of rotatable bonds is 8. The summed E-state index contributed by atoms with van der Waals surface area (Å²) in [6.07, 6.45) is 1.59. The zero-order chi connectivity index (χ0) is 16.0. The highest BCUT2D eigenvalue weighted by Crippen LogP contribution is 2.26. The number of nitrogens with zero attached hydrogens (tertiary/aromatic N) is 1. The fourth-order valence-electron chi connectivity index (χ4n) is 1.84. The van der Waals surface area contributed by atoms with Crippen molar-refractivity contribution >= 4 is 21.4 Å². The van der Waals surface area contributed by atoms with Crippen molar-refractivity contribution in [3.05, 3.63) is 28.3 Å². The summed E-state index contributed by atoms with van der Waals surface area (Å²) in [6, 6.07) is 3.95. The molecule has 0 amide bonds. The van der Waals surface area contributed by atoms with E-state index in [1.165, 1.54) is 18.2 Å². The lowest BCUT2D eigenvalue weighted by Gasteiger charge is -2.09. The van der Waals surface area contributed by atoms with Gasteiger partial charge in [-0.1, -0.05) is 13.8 Å². The van der Waals surface area contributed by atoms with Crippen LogP contribution in [-0.4, -0.2) is 26.9 Å². The van der Waals surface area contributed by atoms with Crippen molar-refractivity contribution in [2.24, 2.45) is 5.92 Å². The Balaban J connectivity index is 2.94. The standard InChI is InChI=1S/C13H21N3O4S/c1-10(2)5-4-8-15-21(19,20)13-7-6-11(14-3)9-12(13)16(17)18/h6-7,9-10,14-15H,4-5,8H2,1-3H3. The smallest absolute Gasteiger partial charge is 0.291 e. The predicted octanol–water partition coefficient (Wildman–Crippen LogP) is 2.35. The van der Waals surface area contributed by atoms with Crippen LogP contribution in [0.2, 0.25) is 0 Å². The normalized spacial score (nSPS) is 11.6. The van der Waals surface area contributed by atoms with E-state index < -0.39 is 20.6 Å². The summed E-state index contributed by atoms with van der Waals surface area (Å²) in [5.41, 5.74) is 0.0543. The summed E-state index contributed by atoms with van der Waals surface area (Å²) in [5, 5.41) is 13.8. The van der Waals surface area contributed by atoms with Crippen LogP contribution in [0.25, 0.3) is 0 Å². The molecule has 0 radical (unpaired) electrons. The molecule has 1 rings (SSSR count). The Bertz CT molecular complexity index is 599. The highest BCUT2D eigenvalue weighted by molar-refractivity contribution is 7.89. The van der Waals surface area contributed by atoms with E-state index in [0.717, 1.165) is 6.42 Å². The maximum absolute atomic E-state index is 12.2. The van der Waals surface area contributed by atoms with Crippen molar-refractivity contribution in [3.63, 3.8) is 0 Å². The first kappa shape index (κ1) is 17.4. The second-order valence-electron chi connectivity index (χ2n) is 5.12. The van der Waals surface area contributed by atoms with Crippen LogP contribution in [0.15, 0.2) is 23.1 Å². The van der Waals surface area contributed by atoms with Gasteiger partial charge in [0.2, 0.25) is 10.0 Å². The molecule has 7 nitrogen and oxygen atoms in total. The van der Waals surface area contributed by atoms with Gasteiger partial charge in [0.15, 0.2) is 4.90 Å². The van der Waals surface area contributed by atoms with Crippen LogP contribution in [0, 0.1) is 16.0 Å². The van der Waals surface area contributed by atoms with Crippen LogP contribution in [0.5, 0.6) is 0 Å². The summed E-state index contributed by atoms with van der Waals surface area (Å²) in [6.45, 7) is 4.37. The molecule has 0 aromatic heterocycles. The molecule has 0 saturated heterocycles. The van der Waals surface area contributed by atoms with Crippen LogP contribution in [0.4, 0.5) is 11.4 Å². The van der Waals surface area contributed by atoms with Gasteiger partial charge in [0.1, 0.15) is 0 Å². The van der Waals surface area contributed by atoms with E-state index >= 15 is 0 Å². The molecule has 0 spiro atoms. The molecule has 118 valence electrons. The number of hydrogen-bond donors (Lipinski definition) is 2.